The highest BCUT2D eigenvalue weighted by Gasteiger charge is 2.24. The third-order valence-corrected chi connectivity index (χ3v) is 5.78. The first kappa shape index (κ1) is 22.4. The SMILES string of the molecule is CCOC(=O)CCc1c(C)c2ccc3c(c2oc1=O)CN(c1ccc(C(=O)OC)cc1)CO3. The second-order valence-electron chi connectivity index (χ2n) is 7.73. The molecule has 0 bridgehead atoms. The molecule has 3 aromatic rings. The number of carbonyl (C=O) groups excluding carboxylic acids is 2. The van der Waals surface area contributed by atoms with Crippen molar-refractivity contribution in [2.75, 3.05) is 25.3 Å². The number of hydrogen-bond acceptors (Lipinski definition) is 8. The van der Waals surface area contributed by atoms with Crippen LogP contribution >= 0.6 is 0 Å². The lowest BCUT2D eigenvalue weighted by Crippen LogP contribution is -2.32. The highest BCUT2D eigenvalue weighted by atomic mass is 16.5. The van der Waals surface area contributed by atoms with Crippen molar-refractivity contribution in [2.24, 2.45) is 0 Å². The summed E-state index contributed by atoms with van der Waals surface area (Å²) in [5.74, 6) is -0.0837. The second-order valence-corrected chi connectivity index (χ2v) is 7.73. The lowest BCUT2D eigenvalue weighted by molar-refractivity contribution is -0.143. The summed E-state index contributed by atoms with van der Waals surface area (Å²) in [4.78, 5) is 38.2. The fourth-order valence-electron chi connectivity index (χ4n) is 4.00. The molecule has 1 aliphatic rings. The third-order valence-electron chi connectivity index (χ3n) is 5.78. The van der Waals surface area contributed by atoms with Crippen molar-refractivity contribution >= 4 is 28.6 Å². The van der Waals surface area contributed by atoms with Crippen molar-refractivity contribution in [3.05, 3.63) is 69.1 Å². The van der Waals surface area contributed by atoms with Crippen LogP contribution in [0.1, 0.15) is 40.4 Å². The zero-order valence-corrected chi connectivity index (χ0v) is 18.8. The zero-order chi connectivity index (χ0) is 23.5. The van der Waals surface area contributed by atoms with Gasteiger partial charge >= 0.3 is 17.6 Å². The number of benzene rings is 2. The van der Waals surface area contributed by atoms with E-state index < -0.39 is 11.6 Å². The van der Waals surface area contributed by atoms with Gasteiger partial charge in [-0.15, -0.1) is 0 Å². The minimum atomic E-state index is -0.461. The second kappa shape index (κ2) is 9.36. The Kier molecular flexibility index (Phi) is 6.35. The zero-order valence-electron chi connectivity index (χ0n) is 18.8. The fraction of sp³-hybridized carbons (Fsp3) is 0.320. The topological polar surface area (TPSA) is 95.3 Å². The Morgan fingerprint density at radius 3 is 2.58 bits per heavy atom. The van der Waals surface area contributed by atoms with Gasteiger partial charge in [0, 0.05) is 23.1 Å². The molecule has 172 valence electrons. The summed E-state index contributed by atoms with van der Waals surface area (Å²) in [7, 11) is 1.34. The lowest BCUT2D eigenvalue weighted by atomic mass is 9.99. The molecule has 0 fully saturated rings. The minimum Gasteiger partial charge on any atom is -0.473 e. The maximum absolute atomic E-state index is 12.8. The van der Waals surface area contributed by atoms with Gasteiger partial charge in [-0.3, -0.25) is 4.79 Å². The van der Waals surface area contributed by atoms with Crippen LogP contribution in [0.25, 0.3) is 11.0 Å². The smallest absolute Gasteiger partial charge is 0.339 e. The van der Waals surface area contributed by atoms with Crippen molar-refractivity contribution in [3.63, 3.8) is 0 Å². The van der Waals surface area contributed by atoms with Gasteiger partial charge in [0.2, 0.25) is 0 Å². The van der Waals surface area contributed by atoms with Gasteiger partial charge < -0.3 is 23.5 Å². The molecule has 0 unspecified atom stereocenters. The molecule has 1 aromatic heterocycles. The standard InChI is InChI=1S/C25H25NO7/c1-4-31-22(27)12-10-19-15(2)18-9-11-21-20(23(18)33-25(19)29)13-26(14-32-21)17-7-5-16(6-8-17)24(28)30-3/h5-9,11H,4,10,12-14H2,1-3H3. The molecule has 8 nitrogen and oxygen atoms in total. The molecule has 8 heteroatoms. The number of fused-ring (bicyclic) bond motifs is 3. The first-order chi connectivity index (χ1) is 15.9. The number of nitrogens with zero attached hydrogens (tertiary/aromatic N) is 1. The number of anilines is 1. The van der Waals surface area contributed by atoms with Gasteiger partial charge in [-0.25, -0.2) is 9.59 Å². The van der Waals surface area contributed by atoms with Crippen molar-refractivity contribution in [3.8, 4) is 5.75 Å². The average molecular weight is 451 g/mol. The molecule has 2 heterocycles. The van der Waals surface area contributed by atoms with Crippen LogP contribution in [0.4, 0.5) is 5.69 Å². The van der Waals surface area contributed by atoms with Crippen LogP contribution in [0, 0.1) is 6.92 Å². The molecule has 0 N–H and O–H groups in total. The molecule has 0 spiro atoms. The number of methoxy groups -OCH3 is 1. The van der Waals surface area contributed by atoms with Gasteiger partial charge in [0.25, 0.3) is 0 Å². The van der Waals surface area contributed by atoms with Crippen LogP contribution in [-0.4, -0.2) is 32.4 Å². The van der Waals surface area contributed by atoms with Gasteiger partial charge in [0.05, 0.1) is 31.4 Å². The summed E-state index contributed by atoms with van der Waals surface area (Å²) in [5, 5.41) is 0.804. The summed E-state index contributed by atoms with van der Waals surface area (Å²) >= 11 is 0. The number of esters is 2. The number of carbonyl (C=O) groups is 2. The van der Waals surface area contributed by atoms with E-state index in [1.54, 1.807) is 19.1 Å². The Balaban J connectivity index is 1.65. The number of hydrogen-bond donors (Lipinski definition) is 0. The van der Waals surface area contributed by atoms with Crippen LogP contribution in [0.15, 0.2) is 45.6 Å². The van der Waals surface area contributed by atoms with Gasteiger partial charge in [-0.2, -0.15) is 0 Å². The lowest BCUT2D eigenvalue weighted by Gasteiger charge is -2.31. The van der Waals surface area contributed by atoms with E-state index in [9.17, 15) is 14.4 Å². The van der Waals surface area contributed by atoms with E-state index in [0.29, 0.717) is 42.3 Å². The third kappa shape index (κ3) is 4.41. The van der Waals surface area contributed by atoms with E-state index in [0.717, 1.165) is 22.2 Å². The molecule has 0 atom stereocenters. The summed E-state index contributed by atoms with van der Waals surface area (Å²) in [6, 6.07) is 10.8. The fourth-order valence-corrected chi connectivity index (χ4v) is 4.00. The van der Waals surface area contributed by atoms with Gasteiger partial charge in [0.1, 0.15) is 11.3 Å². The Morgan fingerprint density at radius 1 is 1.12 bits per heavy atom. The number of ether oxygens (including phenoxy) is 3. The molecule has 1 aliphatic heterocycles. The van der Waals surface area contributed by atoms with Crippen molar-refractivity contribution in [2.45, 2.75) is 33.2 Å². The highest BCUT2D eigenvalue weighted by Crippen LogP contribution is 2.35. The molecule has 0 saturated heterocycles. The van der Waals surface area contributed by atoms with E-state index in [-0.39, 0.29) is 18.8 Å². The average Bonchev–Trinajstić information content (AvgIpc) is 2.83. The summed E-state index contributed by atoms with van der Waals surface area (Å²) < 4.78 is 21.4. The molecule has 0 amide bonds. The van der Waals surface area contributed by atoms with E-state index in [2.05, 4.69) is 0 Å². The van der Waals surface area contributed by atoms with Crippen molar-refractivity contribution in [1.82, 2.24) is 0 Å². The highest BCUT2D eigenvalue weighted by molar-refractivity contribution is 5.90. The van der Waals surface area contributed by atoms with Gasteiger partial charge in [-0.1, -0.05) is 0 Å². The predicted octanol–water partition coefficient (Wildman–Crippen LogP) is 3.74. The summed E-state index contributed by atoms with van der Waals surface area (Å²) in [6.45, 7) is 4.69. The maximum Gasteiger partial charge on any atom is 0.339 e. The largest absolute Gasteiger partial charge is 0.473 e. The molecular formula is C25H25NO7. The van der Waals surface area contributed by atoms with E-state index >= 15 is 0 Å². The van der Waals surface area contributed by atoms with E-state index in [1.165, 1.54) is 7.11 Å². The predicted molar refractivity (Wildman–Crippen MR) is 122 cm³/mol. The Bertz CT molecular complexity index is 1260. The van der Waals surface area contributed by atoms with Crippen LogP contribution in [0.5, 0.6) is 5.75 Å². The Labute approximate surface area is 190 Å². The quantitative estimate of drug-likeness (QED) is 0.413. The molecule has 4 rings (SSSR count). The van der Waals surface area contributed by atoms with Gasteiger partial charge in [-0.05, 0) is 62.2 Å². The van der Waals surface area contributed by atoms with Crippen molar-refractivity contribution in [1.29, 1.82) is 0 Å². The molecule has 0 saturated carbocycles. The monoisotopic (exact) mass is 451 g/mol. The van der Waals surface area contributed by atoms with Gasteiger partial charge in [0.15, 0.2) is 6.73 Å². The molecule has 2 aromatic carbocycles. The number of aryl methyl sites for hydroxylation is 1. The molecule has 33 heavy (non-hydrogen) atoms. The molecule has 0 radical (unpaired) electrons. The molecular weight excluding hydrogens is 426 g/mol. The van der Waals surface area contributed by atoms with Crippen LogP contribution in [0.2, 0.25) is 0 Å². The number of rotatable bonds is 6. The summed E-state index contributed by atoms with van der Waals surface area (Å²) in [5.41, 5.74) is 3.36. The summed E-state index contributed by atoms with van der Waals surface area (Å²) in [6.07, 6.45) is 0.379. The maximum atomic E-state index is 12.8. The van der Waals surface area contributed by atoms with E-state index in [4.69, 9.17) is 18.6 Å². The van der Waals surface area contributed by atoms with E-state index in [1.807, 2.05) is 36.1 Å². The van der Waals surface area contributed by atoms with Crippen molar-refractivity contribution < 1.29 is 28.2 Å². The first-order valence-electron chi connectivity index (χ1n) is 10.7. The minimum absolute atomic E-state index is 0.119. The normalized spacial score (nSPS) is 12.8. The van der Waals surface area contributed by atoms with Crippen LogP contribution < -0.4 is 15.3 Å². The first-order valence-corrected chi connectivity index (χ1v) is 10.7. The molecule has 0 aliphatic carbocycles. The Hall–Kier alpha value is -3.81. The van der Waals surface area contributed by atoms with Crippen LogP contribution in [0.3, 0.4) is 0 Å². The van der Waals surface area contributed by atoms with Crippen LogP contribution in [-0.2, 0) is 27.2 Å². The Morgan fingerprint density at radius 2 is 1.88 bits per heavy atom.